The van der Waals surface area contributed by atoms with Crippen LogP contribution in [-0.4, -0.2) is 13.1 Å². The summed E-state index contributed by atoms with van der Waals surface area (Å²) in [4.78, 5) is 2.16. The third-order valence-electron chi connectivity index (χ3n) is 2.55. The van der Waals surface area contributed by atoms with E-state index in [1.54, 1.807) is 6.07 Å². The Kier molecular flexibility index (Phi) is 2.35. The zero-order chi connectivity index (χ0) is 10.1. The largest absolute Gasteiger partial charge is 0.371 e. The normalized spacial score (nSPS) is 14.9. The second-order valence-corrected chi connectivity index (χ2v) is 4.05. The highest BCUT2D eigenvalue weighted by atomic mass is 35.5. The molecule has 0 heterocycles. The topological polar surface area (TPSA) is 27.0 Å². The molecule has 1 aliphatic carbocycles. The number of halogens is 1. The molecule has 0 spiro atoms. The van der Waals surface area contributed by atoms with Crippen LogP contribution in [0.5, 0.6) is 0 Å². The van der Waals surface area contributed by atoms with E-state index in [2.05, 4.69) is 11.0 Å². The summed E-state index contributed by atoms with van der Waals surface area (Å²) in [6.45, 7) is 0. The molecule has 1 fully saturated rings. The minimum absolute atomic E-state index is 0.614. The van der Waals surface area contributed by atoms with E-state index in [-0.39, 0.29) is 0 Å². The number of benzene rings is 1. The van der Waals surface area contributed by atoms with E-state index in [0.717, 1.165) is 5.69 Å². The van der Waals surface area contributed by atoms with Crippen LogP contribution in [0.25, 0.3) is 0 Å². The van der Waals surface area contributed by atoms with Gasteiger partial charge in [0.05, 0.1) is 11.3 Å². The van der Waals surface area contributed by atoms with E-state index in [4.69, 9.17) is 16.9 Å². The second-order valence-electron chi connectivity index (χ2n) is 3.62. The third-order valence-corrected chi connectivity index (χ3v) is 2.79. The van der Waals surface area contributed by atoms with Gasteiger partial charge in [-0.25, -0.2) is 0 Å². The van der Waals surface area contributed by atoms with E-state index in [9.17, 15) is 0 Å². The number of nitriles is 1. The summed E-state index contributed by atoms with van der Waals surface area (Å²) >= 11 is 5.83. The highest BCUT2D eigenvalue weighted by Gasteiger charge is 2.27. The van der Waals surface area contributed by atoms with Gasteiger partial charge >= 0.3 is 0 Å². The Bertz CT molecular complexity index is 391. The molecular formula is C11H11ClN2. The van der Waals surface area contributed by atoms with Crippen molar-refractivity contribution in [3.63, 3.8) is 0 Å². The number of hydrogen-bond acceptors (Lipinski definition) is 2. The molecule has 0 saturated heterocycles. The first-order chi connectivity index (χ1) is 6.72. The maximum absolute atomic E-state index is 8.96. The molecule has 1 aliphatic rings. The van der Waals surface area contributed by atoms with E-state index in [0.29, 0.717) is 16.6 Å². The van der Waals surface area contributed by atoms with Crippen molar-refractivity contribution in [3.8, 4) is 6.07 Å². The molecule has 72 valence electrons. The average molecular weight is 207 g/mol. The molecule has 2 nitrogen and oxygen atoms in total. The van der Waals surface area contributed by atoms with E-state index in [1.165, 1.54) is 12.8 Å². The second kappa shape index (κ2) is 3.51. The zero-order valence-corrected chi connectivity index (χ0v) is 8.75. The van der Waals surface area contributed by atoms with Gasteiger partial charge < -0.3 is 4.90 Å². The molecule has 0 bridgehead atoms. The summed E-state index contributed by atoms with van der Waals surface area (Å²) in [5, 5.41) is 9.58. The van der Waals surface area contributed by atoms with Gasteiger partial charge in [-0.3, -0.25) is 0 Å². The zero-order valence-electron chi connectivity index (χ0n) is 8.00. The smallest absolute Gasteiger partial charge is 0.101 e. The molecule has 1 aromatic rings. The van der Waals surface area contributed by atoms with Crippen LogP contribution >= 0.6 is 11.6 Å². The fourth-order valence-electron chi connectivity index (χ4n) is 1.56. The molecule has 0 amide bonds. The molecule has 2 rings (SSSR count). The van der Waals surface area contributed by atoms with Crippen molar-refractivity contribution in [2.24, 2.45) is 0 Å². The highest BCUT2D eigenvalue weighted by Crippen LogP contribution is 2.32. The van der Waals surface area contributed by atoms with Gasteiger partial charge in [0, 0.05) is 18.1 Å². The van der Waals surface area contributed by atoms with Gasteiger partial charge in [-0.05, 0) is 31.0 Å². The fraction of sp³-hybridized carbons (Fsp3) is 0.364. The lowest BCUT2D eigenvalue weighted by Crippen LogP contribution is -2.20. The summed E-state index contributed by atoms with van der Waals surface area (Å²) in [6, 6.07) is 8.25. The predicted octanol–water partition coefficient (Wildman–Crippen LogP) is 2.81. The van der Waals surface area contributed by atoms with Crippen molar-refractivity contribution in [2.75, 3.05) is 11.9 Å². The van der Waals surface area contributed by atoms with E-state index < -0.39 is 0 Å². The molecule has 1 saturated carbocycles. The van der Waals surface area contributed by atoms with Gasteiger partial charge in [-0.2, -0.15) is 5.26 Å². The first kappa shape index (κ1) is 9.36. The van der Waals surface area contributed by atoms with Gasteiger partial charge in [0.25, 0.3) is 0 Å². The fourth-order valence-corrected chi connectivity index (χ4v) is 1.74. The standard InChI is InChI=1S/C11H11ClN2/c1-14(10-3-4-10)11-5-2-9(12)6-8(11)7-13/h2,5-6,10H,3-4H2,1H3. The lowest BCUT2D eigenvalue weighted by molar-refractivity contribution is 0.915. The predicted molar refractivity (Wildman–Crippen MR) is 57.6 cm³/mol. The SMILES string of the molecule is CN(c1ccc(Cl)cc1C#N)C1CC1. The van der Waals surface area contributed by atoms with Gasteiger partial charge in [-0.1, -0.05) is 11.6 Å². The molecule has 0 unspecified atom stereocenters. The number of rotatable bonds is 2. The first-order valence-corrected chi connectivity index (χ1v) is 5.02. The Labute approximate surface area is 88.7 Å². The van der Waals surface area contributed by atoms with Crippen LogP contribution < -0.4 is 4.90 Å². The Hall–Kier alpha value is -1.20. The van der Waals surface area contributed by atoms with Crippen molar-refractivity contribution < 1.29 is 0 Å². The van der Waals surface area contributed by atoms with Crippen molar-refractivity contribution in [1.82, 2.24) is 0 Å². The van der Waals surface area contributed by atoms with Crippen molar-refractivity contribution in [3.05, 3.63) is 28.8 Å². The summed E-state index contributed by atoms with van der Waals surface area (Å²) in [6.07, 6.45) is 2.45. The molecule has 3 heteroatoms. The Morgan fingerprint density at radius 2 is 2.21 bits per heavy atom. The first-order valence-electron chi connectivity index (χ1n) is 4.65. The maximum Gasteiger partial charge on any atom is 0.101 e. The lowest BCUT2D eigenvalue weighted by Gasteiger charge is -2.19. The van der Waals surface area contributed by atoms with Crippen molar-refractivity contribution >= 4 is 17.3 Å². The van der Waals surface area contributed by atoms with E-state index >= 15 is 0 Å². The van der Waals surface area contributed by atoms with Crippen LogP contribution in [-0.2, 0) is 0 Å². The molecule has 0 aromatic heterocycles. The maximum atomic E-state index is 8.96. The molecule has 0 N–H and O–H groups in total. The molecular weight excluding hydrogens is 196 g/mol. The van der Waals surface area contributed by atoms with Gasteiger partial charge in [0.2, 0.25) is 0 Å². The summed E-state index contributed by atoms with van der Waals surface area (Å²) < 4.78 is 0. The Morgan fingerprint density at radius 3 is 2.79 bits per heavy atom. The number of anilines is 1. The van der Waals surface area contributed by atoms with Gasteiger partial charge in [-0.15, -0.1) is 0 Å². The summed E-state index contributed by atoms with van der Waals surface area (Å²) in [5.74, 6) is 0. The van der Waals surface area contributed by atoms with Crippen LogP contribution in [0.2, 0.25) is 5.02 Å². The van der Waals surface area contributed by atoms with Crippen LogP contribution in [0.1, 0.15) is 18.4 Å². The Morgan fingerprint density at radius 1 is 1.50 bits per heavy atom. The highest BCUT2D eigenvalue weighted by molar-refractivity contribution is 6.30. The molecule has 14 heavy (non-hydrogen) atoms. The lowest BCUT2D eigenvalue weighted by atomic mass is 10.2. The van der Waals surface area contributed by atoms with Crippen LogP contribution in [0.15, 0.2) is 18.2 Å². The van der Waals surface area contributed by atoms with Crippen molar-refractivity contribution in [1.29, 1.82) is 5.26 Å². The Balaban J connectivity index is 2.36. The minimum Gasteiger partial charge on any atom is -0.371 e. The van der Waals surface area contributed by atoms with Gasteiger partial charge in [0.1, 0.15) is 6.07 Å². The monoisotopic (exact) mass is 206 g/mol. The van der Waals surface area contributed by atoms with E-state index in [1.807, 2.05) is 19.2 Å². The van der Waals surface area contributed by atoms with Crippen LogP contribution in [0.4, 0.5) is 5.69 Å². The number of hydrogen-bond donors (Lipinski definition) is 0. The van der Waals surface area contributed by atoms with Crippen LogP contribution in [0, 0.1) is 11.3 Å². The molecule has 1 aromatic carbocycles. The third kappa shape index (κ3) is 1.69. The van der Waals surface area contributed by atoms with Gasteiger partial charge in [0.15, 0.2) is 0 Å². The quantitative estimate of drug-likeness (QED) is 0.744. The van der Waals surface area contributed by atoms with Crippen molar-refractivity contribution in [2.45, 2.75) is 18.9 Å². The molecule has 0 aliphatic heterocycles. The summed E-state index contributed by atoms with van der Waals surface area (Å²) in [5.41, 5.74) is 1.64. The number of nitrogens with zero attached hydrogens (tertiary/aromatic N) is 2. The minimum atomic E-state index is 0.614. The summed E-state index contributed by atoms with van der Waals surface area (Å²) in [7, 11) is 2.03. The van der Waals surface area contributed by atoms with Crippen LogP contribution in [0.3, 0.4) is 0 Å². The average Bonchev–Trinajstić information content (AvgIpc) is 3.00. The molecule has 0 atom stereocenters. The molecule has 0 radical (unpaired) electrons.